The summed E-state index contributed by atoms with van der Waals surface area (Å²) in [7, 11) is 0. The molecule has 0 bridgehead atoms. The van der Waals surface area contributed by atoms with Crippen molar-refractivity contribution in [2.45, 2.75) is 13.8 Å². The van der Waals surface area contributed by atoms with Gasteiger partial charge in [-0.15, -0.1) is 10.2 Å². The molecule has 0 N–H and O–H groups in total. The molecule has 0 unspecified atom stereocenters. The minimum absolute atomic E-state index is 0.164. The predicted octanol–water partition coefficient (Wildman–Crippen LogP) is 2.68. The predicted molar refractivity (Wildman–Crippen MR) is 55.8 cm³/mol. The van der Waals surface area contributed by atoms with Crippen LogP contribution in [0.3, 0.4) is 0 Å². The van der Waals surface area contributed by atoms with E-state index in [9.17, 15) is 4.39 Å². The monoisotopic (exact) mass is 225 g/mol. The largest absolute Gasteiger partial charge is 0.267 e. The Labute approximate surface area is 91.5 Å². The van der Waals surface area contributed by atoms with E-state index in [1.807, 2.05) is 6.92 Å². The van der Waals surface area contributed by atoms with Gasteiger partial charge in [-0.25, -0.2) is 4.39 Å². The average Bonchev–Trinajstić information content (AvgIpc) is 2.51. The smallest absolute Gasteiger partial charge is 0.229 e. The average molecular weight is 226 g/mol. The summed E-state index contributed by atoms with van der Waals surface area (Å²) in [6.45, 7) is 3.61. The van der Waals surface area contributed by atoms with Crippen LogP contribution >= 0.6 is 11.6 Å². The zero-order valence-electron chi connectivity index (χ0n) is 8.33. The first-order valence-corrected chi connectivity index (χ1v) is 4.81. The molecule has 0 aliphatic heterocycles. The lowest BCUT2D eigenvalue weighted by atomic mass is 10.2. The van der Waals surface area contributed by atoms with Gasteiger partial charge in [-0.3, -0.25) is 4.57 Å². The highest BCUT2D eigenvalue weighted by atomic mass is 35.5. The van der Waals surface area contributed by atoms with Gasteiger partial charge in [-0.05, 0) is 43.1 Å². The van der Waals surface area contributed by atoms with E-state index >= 15 is 0 Å². The van der Waals surface area contributed by atoms with Crippen molar-refractivity contribution >= 4 is 11.6 Å². The van der Waals surface area contributed by atoms with Crippen LogP contribution in [0.4, 0.5) is 4.39 Å². The maximum atomic E-state index is 13.6. The Morgan fingerprint density at radius 2 is 2.00 bits per heavy atom. The molecule has 1 aromatic heterocycles. The molecule has 5 heteroatoms. The van der Waals surface area contributed by atoms with E-state index in [0.29, 0.717) is 11.5 Å². The highest BCUT2D eigenvalue weighted by Gasteiger charge is 2.12. The van der Waals surface area contributed by atoms with E-state index in [0.717, 1.165) is 5.56 Å². The molecule has 2 rings (SSSR count). The second-order valence-electron chi connectivity index (χ2n) is 3.31. The molecular weight excluding hydrogens is 217 g/mol. The molecule has 2 aromatic rings. The first kappa shape index (κ1) is 10.1. The number of benzene rings is 1. The molecular formula is C10H9ClFN3. The highest BCUT2D eigenvalue weighted by Crippen LogP contribution is 2.20. The van der Waals surface area contributed by atoms with Gasteiger partial charge >= 0.3 is 0 Å². The lowest BCUT2D eigenvalue weighted by Gasteiger charge is -2.07. The Bertz CT molecular complexity index is 488. The van der Waals surface area contributed by atoms with Crippen molar-refractivity contribution in [3.8, 4) is 5.69 Å². The van der Waals surface area contributed by atoms with Crippen molar-refractivity contribution in [1.82, 2.24) is 14.8 Å². The third-order valence-electron chi connectivity index (χ3n) is 2.13. The summed E-state index contributed by atoms with van der Waals surface area (Å²) in [6, 6.07) is 4.81. The van der Waals surface area contributed by atoms with Gasteiger partial charge in [-0.1, -0.05) is 6.07 Å². The molecule has 0 atom stereocenters. The maximum absolute atomic E-state index is 13.6. The van der Waals surface area contributed by atoms with E-state index in [1.165, 1.54) is 10.6 Å². The van der Waals surface area contributed by atoms with Crippen molar-refractivity contribution in [1.29, 1.82) is 0 Å². The number of nitrogens with zero attached hydrogens (tertiary/aromatic N) is 3. The van der Waals surface area contributed by atoms with Gasteiger partial charge in [0, 0.05) is 0 Å². The fourth-order valence-corrected chi connectivity index (χ4v) is 1.66. The SMILES string of the molecule is Cc1ccc(F)c(-n2c(C)nnc2Cl)c1. The lowest BCUT2D eigenvalue weighted by molar-refractivity contribution is 0.616. The number of aromatic nitrogens is 3. The number of aryl methyl sites for hydroxylation is 2. The summed E-state index contributed by atoms with van der Waals surface area (Å²) in [5.41, 5.74) is 1.33. The van der Waals surface area contributed by atoms with Crippen LogP contribution in [0, 0.1) is 19.7 Å². The lowest BCUT2D eigenvalue weighted by Crippen LogP contribution is -2.00. The van der Waals surface area contributed by atoms with Crippen LogP contribution < -0.4 is 0 Å². The zero-order valence-corrected chi connectivity index (χ0v) is 9.09. The van der Waals surface area contributed by atoms with Gasteiger partial charge in [-0.2, -0.15) is 0 Å². The van der Waals surface area contributed by atoms with Crippen LogP contribution in [0.2, 0.25) is 5.28 Å². The minimum atomic E-state index is -0.342. The third-order valence-corrected chi connectivity index (χ3v) is 2.37. The van der Waals surface area contributed by atoms with Crippen LogP contribution in [0.5, 0.6) is 0 Å². The van der Waals surface area contributed by atoms with Gasteiger partial charge < -0.3 is 0 Å². The summed E-state index contributed by atoms with van der Waals surface area (Å²) < 4.78 is 15.0. The summed E-state index contributed by atoms with van der Waals surface area (Å²) >= 11 is 5.83. The van der Waals surface area contributed by atoms with E-state index < -0.39 is 0 Å². The minimum Gasteiger partial charge on any atom is -0.267 e. The van der Waals surface area contributed by atoms with E-state index in [-0.39, 0.29) is 11.1 Å². The molecule has 78 valence electrons. The van der Waals surface area contributed by atoms with Gasteiger partial charge in [0.2, 0.25) is 5.28 Å². The maximum Gasteiger partial charge on any atom is 0.229 e. The number of hydrogen-bond donors (Lipinski definition) is 0. The summed E-state index contributed by atoms with van der Waals surface area (Å²) in [6.07, 6.45) is 0. The van der Waals surface area contributed by atoms with Crippen LogP contribution in [-0.4, -0.2) is 14.8 Å². The van der Waals surface area contributed by atoms with Crippen LogP contribution in [0.15, 0.2) is 18.2 Å². The van der Waals surface area contributed by atoms with Crippen molar-refractivity contribution in [3.05, 3.63) is 40.7 Å². The molecule has 15 heavy (non-hydrogen) atoms. The topological polar surface area (TPSA) is 30.7 Å². The molecule has 1 aromatic carbocycles. The number of hydrogen-bond acceptors (Lipinski definition) is 2. The molecule has 0 radical (unpaired) electrons. The van der Waals surface area contributed by atoms with E-state index in [2.05, 4.69) is 10.2 Å². The standard InChI is InChI=1S/C10H9ClFN3/c1-6-3-4-8(12)9(5-6)15-7(2)13-14-10(15)11/h3-5H,1-2H3. The first-order chi connectivity index (χ1) is 7.09. The zero-order chi connectivity index (χ0) is 11.0. The molecule has 3 nitrogen and oxygen atoms in total. The Morgan fingerprint density at radius 1 is 1.27 bits per heavy atom. The van der Waals surface area contributed by atoms with Crippen LogP contribution in [0.1, 0.15) is 11.4 Å². The fourth-order valence-electron chi connectivity index (χ4n) is 1.40. The Morgan fingerprint density at radius 3 is 2.60 bits per heavy atom. The summed E-state index contributed by atoms with van der Waals surface area (Å²) in [5, 5.41) is 7.62. The number of rotatable bonds is 1. The third kappa shape index (κ3) is 1.72. The highest BCUT2D eigenvalue weighted by molar-refractivity contribution is 6.28. The van der Waals surface area contributed by atoms with Crippen LogP contribution in [-0.2, 0) is 0 Å². The van der Waals surface area contributed by atoms with Gasteiger partial charge in [0.15, 0.2) is 0 Å². The van der Waals surface area contributed by atoms with Crippen LogP contribution in [0.25, 0.3) is 5.69 Å². The molecule has 0 fully saturated rings. The molecule has 0 saturated heterocycles. The Balaban J connectivity index is 2.68. The normalized spacial score (nSPS) is 10.7. The second-order valence-corrected chi connectivity index (χ2v) is 3.64. The molecule has 0 spiro atoms. The Hall–Kier alpha value is -1.42. The quantitative estimate of drug-likeness (QED) is 0.747. The van der Waals surface area contributed by atoms with Crippen molar-refractivity contribution in [2.75, 3.05) is 0 Å². The number of halogens is 2. The second kappa shape index (κ2) is 3.62. The summed E-state index contributed by atoms with van der Waals surface area (Å²) in [4.78, 5) is 0. The Kier molecular flexibility index (Phi) is 2.44. The first-order valence-electron chi connectivity index (χ1n) is 4.43. The fraction of sp³-hybridized carbons (Fsp3) is 0.200. The van der Waals surface area contributed by atoms with Gasteiger partial charge in [0.25, 0.3) is 0 Å². The summed E-state index contributed by atoms with van der Waals surface area (Å²) in [5.74, 6) is 0.218. The van der Waals surface area contributed by atoms with Gasteiger partial charge in [0.1, 0.15) is 11.6 Å². The van der Waals surface area contributed by atoms with Gasteiger partial charge in [0.05, 0.1) is 5.69 Å². The molecule has 0 saturated carbocycles. The van der Waals surface area contributed by atoms with Crippen molar-refractivity contribution < 1.29 is 4.39 Å². The molecule has 1 heterocycles. The van der Waals surface area contributed by atoms with Crippen molar-refractivity contribution in [3.63, 3.8) is 0 Å². The molecule has 0 aliphatic rings. The molecule has 0 amide bonds. The van der Waals surface area contributed by atoms with Crippen molar-refractivity contribution in [2.24, 2.45) is 0 Å². The van der Waals surface area contributed by atoms with E-state index in [4.69, 9.17) is 11.6 Å². The molecule has 0 aliphatic carbocycles. The van der Waals surface area contributed by atoms with E-state index in [1.54, 1.807) is 19.1 Å².